The molecule has 3 aromatic rings. The molecule has 3 rings (SSSR count). The molecule has 0 aromatic carbocycles. The van der Waals surface area contributed by atoms with E-state index in [4.69, 9.17) is 18.9 Å². The van der Waals surface area contributed by atoms with Gasteiger partial charge in [-0.25, -0.2) is 4.98 Å². The summed E-state index contributed by atoms with van der Waals surface area (Å²) in [7, 11) is 1.30. The predicted octanol–water partition coefficient (Wildman–Crippen LogP) is 5.25. The van der Waals surface area contributed by atoms with E-state index < -0.39 is 36.1 Å². The number of hydrogen-bond acceptors (Lipinski definition) is 9. The summed E-state index contributed by atoms with van der Waals surface area (Å²) in [6, 6.07) is 4.38. The third-order valence-corrected chi connectivity index (χ3v) is 5.71. The Morgan fingerprint density at radius 3 is 2.34 bits per heavy atom. The van der Waals surface area contributed by atoms with Crippen LogP contribution in [0.1, 0.15) is 32.8 Å². The lowest BCUT2D eigenvalue weighted by Gasteiger charge is -2.21. The second-order valence-electron chi connectivity index (χ2n) is 9.68. The number of carbonyl (C=O) groups is 1. The molecule has 0 saturated heterocycles. The van der Waals surface area contributed by atoms with Gasteiger partial charge in [-0.15, -0.1) is 5.10 Å². The van der Waals surface area contributed by atoms with E-state index in [1.165, 1.54) is 13.3 Å². The minimum atomic E-state index is -5.78. The largest absolute Gasteiger partial charge is 0.476 e. The number of ether oxygens (including phenoxy) is 4. The lowest BCUT2D eigenvalue weighted by Crippen LogP contribution is -2.42. The number of pyridine rings is 2. The number of halogens is 5. The highest BCUT2D eigenvalue weighted by atomic mass is 19.4. The minimum Gasteiger partial charge on any atom is -0.476 e. The lowest BCUT2D eigenvalue weighted by atomic mass is 9.95. The molecule has 10 nitrogen and oxygen atoms in total. The maximum atomic E-state index is 13.4. The SMILES string of the molecule is CCCOCn1nc(-c2ccc(-c3cnc(OCC(C)(C)C(=O)OC)cc3C)cn2)nc1OCC(F)(F)C(F)(F)F. The molecule has 0 saturated carbocycles. The summed E-state index contributed by atoms with van der Waals surface area (Å²) in [6.45, 7) is 5.16. The summed E-state index contributed by atoms with van der Waals surface area (Å²) in [5.74, 6) is -5.24. The van der Waals surface area contributed by atoms with Crippen molar-refractivity contribution < 1.29 is 45.7 Å². The van der Waals surface area contributed by atoms with Crippen LogP contribution < -0.4 is 9.47 Å². The molecule has 0 aliphatic carbocycles. The van der Waals surface area contributed by atoms with E-state index in [2.05, 4.69) is 20.1 Å². The number of carbonyl (C=O) groups excluding carboxylic acids is 1. The summed E-state index contributed by atoms with van der Waals surface area (Å²) in [5, 5.41) is 4.11. The molecule has 0 fully saturated rings. The fourth-order valence-electron chi connectivity index (χ4n) is 3.35. The molecule has 0 aliphatic rings. The van der Waals surface area contributed by atoms with E-state index in [-0.39, 0.29) is 24.9 Å². The molecule has 3 heterocycles. The van der Waals surface area contributed by atoms with Gasteiger partial charge in [-0.3, -0.25) is 9.78 Å². The van der Waals surface area contributed by atoms with Gasteiger partial charge in [0, 0.05) is 36.2 Å². The first kappa shape index (κ1) is 31.6. The summed E-state index contributed by atoms with van der Waals surface area (Å²) < 4.78 is 86.0. The molecule has 0 aliphatic heterocycles. The Hall–Kier alpha value is -3.88. The summed E-state index contributed by atoms with van der Waals surface area (Å²) in [6.07, 6.45) is -2.06. The van der Waals surface area contributed by atoms with E-state index in [0.29, 0.717) is 24.5 Å². The highest BCUT2D eigenvalue weighted by molar-refractivity contribution is 5.76. The van der Waals surface area contributed by atoms with Crippen LogP contribution in [0.3, 0.4) is 0 Å². The van der Waals surface area contributed by atoms with E-state index >= 15 is 0 Å². The Bertz CT molecular complexity index is 1330. The number of esters is 1. The minimum absolute atomic E-state index is 0.0599. The topological polar surface area (TPSA) is 110 Å². The van der Waals surface area contributed by atoms with Crippen LogP contribution >= 0.6 is 0 Å². The van der Waals surface area contributed by atoms with Crippen LogP contribution in [0.5, 0.6) is 11.9 Å². The molecule has 41 heavy (non-hydrogen) atoms. The molecule has 0 unspecified atom stereocenters. The fourth-order valence-corrected chi connectivity index (χ4v) is 3.35. The van der Waals surface area contributed by atoms with Gasteiger partial charge in [-0.05, 0) is 38.8 Å². The van der Waals surface area contributed by atoms with E-state index in [1.807, 2.05) is 13.8 Å². The van der Waals surface area contributed by atoms with Crippen molar-refractivity contribution in [2.24, 2.45) is 5.41 Å². The highest BCUT2D eigenvalue weighted by Gasteiger charge is 2.58. The molecule has 15 heteroatoms. The Kier molecular flexibility index (Phi) is 9.84. The summed E-state index contributed by atoms with van der Waals surface area (Å²) in [5.41, 5.74) is 1.56. The van der Waals surface area contributed by atoms with Gasteiger partial charge in [0.2, 0.25) is 11.7 Å². The number of aryl methyl sites for hydroxylation is 1. The quantitative estimate of drug-likeness (QED) is 0.150. The number of methoxy groups -OCH3 is 1. The summed E-state index contributed by atoms with van der Waals surface area (Å²) in [4.78, 5) is 24.4. The zero-order valence-corrected chi connectivity index (χ0v) is 23.1. The van der Waals surface area contributed by atoms with Crippen molar-refractivity contribution in [3.05, 3.63) is 36.2 Å². The second-order valence-corrected chi connectivity index (χ2v) is 9.68. The van der Waals surface area contributed by atoms with Gasteiger partial charge in [-0.2, -0.15) is 31.6 Å². The third-order valence-electron chi connectivity index (χ3n) is 5.71. The molecular formula is C26H30F5N5O5. The zero-order chi connectivity index (χ0) is 30.4. The van der Waals surface area contributed by atoms with Crippen LogP contribution in [0.4, 0.5) is 22.0 Å². The number of rotatable bonds is 13. The van der Waals surface area contributed by atoms with Crippen LogP contribution in [0.2, 0.25) is 0 Å². The molecule has 0 bridgehead atoms. The van der Waals surface area contributed by atoms with Gasteiger partial charge >= 0.3 is 24.1 Å². The van der Waals surface area contributed by atoms with Crippen molar-refractivity contribution in [3.63, 3.8) is 0 Å². The predicted molar refractivity (Wildman–Crippen MR) is 135 cm³/mol. The van der Waals surface area contributed by atoms with Crippen LogP contribution in [0.25, 0.3) is 22.6 Å². The maximum Gasteiger partial charge on any atom is 0.456 e. The van der Waals surface area contributed by atoms with Gasteiger partial charge in [0.25, 0.3) is 0 Å². The third kappa shape index (κ3) is 7.86. The van der Waals surface area contributed by atoms with Crippen LogP contribution in [0, 0.1) is 12.3 Å². The maximum absolute atomic E-state index is 13.4. The summed E-state index contributed by atoms with van der Waals surface area (Å²) >= 11 is 0. The lowest BCUT2D eigenvalue weighted by molar-refractivity contribution is -0.290. The van der Waals surface area contributed by atoms with Gasteiger partial charge in [0.15, 0.2) is 6.61 Å². The van der Waals surface area contributed by atoms with Crippen molar-refractivity contribution >= 4 is 5.97 Å². The first-order valence-electron chi connectivity index (χ1n) is 12.4. The molecule has 0 N–H and O–H groups in total. The van der Waals surface area contributed by atoms with Gasteiger partial charge in [0.1, 0.15) is 19.0 Å². The average molecular weight is 588 g/mol. The van der Waals surface area contributed by atoms with Crippen molar-refractivity contribution in [3.8, 4) is 34.5 Å². The number of alkyl halides is 5. The number of aromatic nitrogens is 5. The Balaban J connectivity index is 1.78. The van der Waals surface area contributed by atoms with Gasteiger partial charge in [0.05, 0.1) is 12.5 Å². The zero-order valence-electron chi connectivity index (χ0n) is 23.1. The molecule has 0 amide bonds. The molecule has 3 aromatic heterocycles. The number of hydrogen-bond donors (Lipinski definition) is 0. The molecule has 224 valence electrons. The average Bonchev–Trinajstić information content (AvgIpc) is 3.33. The van der Waals surface area contributed by atoms with Gasteiger partial charge in [-0.1, -0.05) is 13.0 Å². The highest BCUT2D eigenvalue weighted by Crippen LogP contribution is 2.36. The Labute approximate surface area is 232 Å². The van der Waals surface area contributed by atoms with Gasteiger partial charge < -0.3 is 18.9 Å². The van der Waals surface area contributed by atoms with E-state index in [1.54, 1.807) is 38.2 Å². The standard InChI is InChI=1S/C26H30F5N5O5/c1-6-9-39-15-36-23(41-14-25(27,28)26(29,30)31)34-21(35-36)19-8-7-17(11-32-19)18-12-33-20(10-16(18)2)40-13-24(3,4)22(37)38-5/h7-8,10-12H,6,9,13-15H2,1-5H3. The number of nitrogens with zero attached hydrogens (tertiary/aromatic N) is 5. The molecule has 0 spiro atoms. The van der Waals surface area contributed by atoms with Crippen LogP contribution in [0.15, 0.2) is 30.6 Å². The van der Waals surface area contributed by atoms with Crippen molar-refractivity contribution in [2.75, 3.05) is 26.9 Å². The fraction of sp³-hybridized carbons (Fsp3) is 0.500. The second kappa shape index (κ2) is 12.7. The van der Waals surface area contributed by atoms with Crippen molar-refractivity contribution in [2.45, 2.75) is 52.9 Å². The normalized spacial score (nSPS) is 12.3. The Morgan fingerprint density at radius 2 is 1.76 bits per heavy atom. The Morgan fingerprint density at radius 1 is 1.02 bits per heavy atom. The van der Waals surface area contributed by atoms with Crippen LogP contribution in [-0.4, -0.2) is 69.7 Å². The van der Waals surface area contributed by atoms with E-state index in [0.717, 1.165) is 15.8 Å². The molecule has 0 atom stereocenters. The first-order chi connectivity index (χ1) is 19.2. The monoisotopic (exact) mass is 587 g/mol. The molecule has 0 radical (unpaired) electrons. The van der Waals surface area contributed by atoms with Crippen LogP contribution in [-0.2, 0) is 21.0 Å². The molecular weight excluding hydrogens is 557 g/mol. The van der Waals surface area contributed by atoms with Crippen molar-refractivity contribution in [1.82, 2.24) is 24.7 Å². The van der Waals surface area contributed by atoms with Crippen molar-refractivity contribution in [1.29, 1.82) is 0 Å². The first-order valence-corrected chi connectivity index (χ1v) is 12.4. The smallest absolute Gasteiger partial charge is 0.456 e. The van der Waals surface area contributed by atoms with E-state index in [9.17, 15) is 26.7 Å².